The predicted octanol–water partition coefficient (Wildman–Crippen LogP) is 14.8. The maximum Gasteiger partial charge on any atom is 0.0465 e. The average Bonchev–Trinajstić information content (AvgIpc) is 3.71. The van der Waals surface area contributed by atoms with Crippen LogP contribution in [0.4, 0.5) is 17.1 Å². The highest BCUT2D eigenvalue weighted by molar-refractivity contribution is 7.26. The van der Waals surface area contributed by atoms with Crippen molar-refractivity contribution in [3.8, 4) is 44.5 Å². The molecular formula is C51H37NS. The van der Waals surface area contributed by atoms with E-state index in [1.54, 1.807) is 0 Å². The molecule has 0 spiro atoms. The molecule has 0 aliphatic heterocycles. The molecule has 1 nitrogen and oxygen atoms in total. The third kappa shape index (κ3) is 5.29. The van der Waals surface area contributed by atoms with Gasteiger partial charge < -0.3 is 4.90 Å². The molecule has 0 fully saturated rings. The zero-order valence-electron chi connectivity index (χ0n) is 29.8. The van der Waals surface area contributed by atoms with Crippen LogP contribution in [-0.2, 0) is 5.41 Å². The summed E-state index contributed by atoms with van der Waals surface area (Å²) in [5, 5.41) is 2.70. The van der Waals surface area contributed by atoms with Gasteiger partial charge in [-0.25, -0.2) is 0 Å². The zero-order chi connectivity index (χ0) is 35.5. The topological polar surface area (TPSA) is 3.24 Å². The quantitative estimate of drug-likeness (QED) is 0.167. The van der Waals surface area contributed by atoms with Crippen LogP contribution < -0.4 is 4.90 Å². The number of fused-ring (bicyclic) bond motifs is 7. The van der Waals surface area contributed by atoms with Gasteiger partial charge in [0.15, 0.2) is 0 Å². The highest BCUT2D eigenvalue weighted by Gasteiger charge is 2.37. The maximum absolute atomic E-state index is 2.44. The number of thiophene rings is 1. The molecule has 0 saturated carbocycles. The smallest absolute Gasteiger partial charge is 0.0465 e. The summed E-state index contributed by atoms with van der Waals surface area (Å²) in [6, 6.07) is 68.8. The van der Waals surface area contributed by atoms with E-state index in [1.807, 2.05) is 11.3 Å². The van der Waals surface area contributed by atoms with Crippen LogP contribution in [0.1, 0.15) is 25.0 Å². The Morgan fingerprint density at radius 1 is 0.396 bits per heavy atom. The Labute approximate surface area is 315 Å². The lowest BCUT2D eigenvalue weighted by atomic mass is 9.82. The van der Waals surface area contributed by atoms with E-state index in [2.05, 4.69) is 207 Å². The minimum Gasteiger partial charge on any atom is -0.310 e. The zero-order valence-corrected chi connectivity index (χ0v) is 30.6. The molecule has 252 valence electrons. The van der Waals surface area contributed by atoms with Gasteiger partial charge in [0.1, 0.15) is 0 Å². The molecule has 1 aliphatic carbocycles. The van der Waals surface area contributed by atoms with E-state index in [9.17, 15) is 0 Å². The summed E-state index contributed by atoms with van der Waals surface area (Å²) in [5.41, 5.74) is 16.1. The lowest BCUT2D eigenvalue weighted by Gasteiger charge is -2.28. The van der Waals surface area contributed by atoms with Gasteiger partial charge in [-0.15, -0.1) is 11.3 Å². The highest BCUT2D eigenvalue weighted by Crippen LogP contribution is 2.55. The van der Waals surface area contributed by atoms with Crippen LogP contribution in [0.2, 0.25) is 0 Å². The molecule has 0 bridgehead atoms. The highest BCUT2D eigenvalue weighted by atomic mass is 32.1. The number of hydrogen-bond acceptors (Lipinski definition) is 2. The second-order valence-electron chi connectivity index (χ2n) is 14.6. The number of anilines is 3. The van der Waals surface area contributed by atoms with E-state index in [0.717, 1.165) is 17.1 Å². The first kappa shape index (κ1) is 31.5. The van der Waals surface area contributed by atoms with Gasteiger partial charge in [-0.05, 0) is 98.6 Å². The van der Waals surface area contributed by atoms with Crippen LogP contribution in [-0.4, -0.2) is 0 Å². The van der Waals surface area contributed by atoms with Crippen LogP contribution in [0.15, 0.2) is 188 Å². The average molecular weight is 696 g/mol. The second kappa shape index (κ2) is 12.5. The number of benzene rings is 8. The van der Waals surface area contributed by atoms with Crippen molar-refractivity contribution in [1.29, 1.82) is 0 Å². The van der Waals surface area contributed by atoms with Crippen molar-refractivity contribution in [2.75, 3.05) is 4.90 Å². The van der Waals surface area contributed by atoms with Gasteiger partial charge in [-0.2, -0.15) is 0 Å². The Morgan fingerprint density at radius 3 is 1.58 bits per heavy atom. The normalized spacial score (nSPS) is 12.9. The lowest BCUT2D eigenvalue weighted by Crippen LogP contribution is -2.16. The summed E-state index contributed by atoms with van der Waals surface area (Å²) in [5.74, 6) is 0. The van der Waals surface area contributed by atoms with Gasteiger partial charge in [0, 0.05) is 48.2 Å². The van der Waals surface area contributed by atoms with Gasteiger partial charge in [-0.3, -0.25) is 0 Å². The van der Waals surface area contributed by atoms with Crippen molar-refractivity contribution in [3.05, 3.63) is 199 Å². The fraction of sp³-hybridized carbons (Fsp3) is 0.0588. The Morgan fingerprint density at radius 2 is 0.925 bits per heavy atom. The number of rotatable bonds is 6. The Kier molecular flexibility index (Phi) is 7.42. The van der Waals surface area contributed by atoms with E-state index in [-0.39, 0.29) is 5.41 Å². The standard InChI is InChI=1S/C51H37NS/c1-51(2)46-31-30-44-43-18-9-10-19-48(43)53-50(44)49(46)45-29-28-42(33-47(45)51)52(40-24-20-36(21-25-40)34-12-5-3-6-13-34)41-26-22-37(23-27-41)39-17-11-16-38(32-39)35-14-7-4-8-15-35/h3-33H,1-2H3. The molecule has 1 heterocycles. The predicted molar refractivity (Wildman–Crippen MR) is 228 cm³/mol. The third-order valence-electron chi connectivity index (χ3n) is 11.1. The van der Waals surface area contributed by atoms with E-state index >= 15 is 0 Å². The summed E-state index contributed by atoms with van der Waals surface area (Å²) in [4.78, 5) is 2.41. The van der Waals surface area contributed by atoms with E-state index < -0.39 is 0 Å². The monoisotopic (exact) mass is 695 g/mol. The number of hydrogen-bond donors (Lipinski definition) is 0. The fourth-order valence-corrected chi connectivity index (χ4v) is 9.59. The Balaban J connectivity index is 1.09. The van der Waals surface area contributed by atoms with Crippen molar-refractivity contribution in [2.45, 2.75) is 19.3 Å². The first-order valence-corrected chi connectivity index (χ1v) is 19.2. The molecule has 10 rings (SSSR count). The van der Waals surface area contributed by atoms with Crippen LogP contribution in [0, 0.1) is 0 Å². The van der Waals surface area contributed by atoms with Crippen LogP contribution >= 0.6 is 11.3 Å². The summed E-state index contributed by atoms with van der Waals surface area (Å²) in [6.45, 7) is 4.77. The first-order chi connectivity index (χ1) is 26.0. The Bertz CT molecular complexity index is 2780. The van der Waals surface area contributed by atoms with Gasteiger partial charge in [0.2, 0.25) is 0 Å². The van der Waals surface area contributed by atoms with E-state index in [4.69, 9.17) is 0 Å². The molecule has 0 N–H and O–H groups in total. The van der Waals surface area contributed by atoms with Crippen molar-refractivity contribution in [1.82, 2.24) is 0 Å². The summed E-state index contributed by atoms with van der Waals surface area (Å²) in [6.07, 6.45) is 0. The van der Waals surface area contributed by atoms with Crippen molar-refractivity contribution < 1.29 is 0 Å². The summed E-state index contributed by atoms with van der Waals surface area (Å²) >= 11 is 1.92. The van der Waals surface area contributed by atoms with Crippen LogP contribution in [0.25, 0.3) is 64.7 Å². The fourth-order valence-electron chi connectivity index (χ4n) is 8.32. The minimum atomic E-state index is -0.137. The molecule has 0 atom stereocenters. The van der Waals surface area contributed by atoms with E-state index in [0.29, 0.717) is 0 Å². The molecule has 53 heavy (non-hydrogen) atoms. The molecule has 0 amide bonds. The molecule has 0 unspecified atom stereocenters. The van der Waals surface area contributed by atoms with Crippen molar-refractivity contribution in [3.63, 3.8) is 0 Å². The summed E-state index contributed by atoms with van der Waals surface area (Å²) < 4.78 is 2.74. The minimum absolute atomic E-state index is 0.137. The SMILES string of the molecule is CC1(C)c2cc(N(c3ccc(-c4ccccc4)cc3)c3ccc(-c4cccc(-c5ccccc5)c4)cc3)ccc2-c2c1ccc1c2sc2ccccc21. The maximum atomic E-state index is 2.44. The largest absolute Gasteiger partial charge is 0.310 e. The molecule has 1 aliphatic rings. The molecule has 0 radical (unpaired) electrons. The number of nitrogens with zero attached hydrogens (tertiary/aromatic N) is 1. The molecule has 9 aromatic rings. The molecule has 2 heteroatoms. The van der Waals surface area contributed by atoms with Crippen molar-refractivity contribution in [2.24, 2.45) is 0 Å². The van der Waals surface area contributed by atoms with Crippen molar-refractivity contribution >= 4 is 48.6 Å². The molecule has 0 saturated heterocycles. The third-order valence-corrected chi connectivity index (χ3v) is 12.3. The van der Waals surface area contributed by atoms with Gasteiger partial charge in [-0.1, -0.05) is 153 Å². The first-order valence-electron chi connectivity index (χ1n) is 18.3. The molecular weight excluding hydrogens is 659 g/mol. The Hall–Kier alpha value is -6.22. The van der Waals surface area contributed by atoms with Crippen LogP contribution in [0.5, 0.6) is 0 Å². The summed E-state index contributed by atoms with van der Waals surface area (Å²) in [7, 11) is 0. The van der Waals surface area contributed by atoms with Gasteiger partial charge >= 0.3 is 0 Å². The van der Waals surface area contributed by atoms with E-state index in [1.165, 1.54) is 75.8 Å². The van der Waals surface area contributed by atoms with Crippen LogP contribution in [0.3, 0.4) is 0 Å². The lowest BCUT2D eigenvalue weighted by molar-refractivity contribution is 0.661. The van der Waals surface area contributed by atoms with Gasteiger partial charge in [0.05, 0.1) is 0 Å². The molecule has 1 aromatic heterocycles. The second-order valence-corrected chi connectivity index (χ2v) is 15.6. The molecule has 8 aromatic carbocycles. The van der Waals surface area contributed by atoms with Gasteiger partial charge in [0.25, 0.3) is 0 Å².